The van der Waals surface area contributed by atoms with Crippen LogP contribution >= 0.6 is 0 Å². The number of hydrogen-bond acceptors (Lipinski definition) is 2. The number of carboxylic acid groups (broad SMARTS) is 1. The summed E-state index contributed by atoms with van der Waals surface area (Å²) in [7, 11) is 0. The second-order valence-corrected chi connectivity index (χ2v) is 5.77. The lowest BCUT2D eigenvalue weighted by Gasteiger charge is -2.40. The van der Waals surface area contributed by atoms with Gasteiger partial charge in [-0.15, -0.1) is 0 Å². The van der Waals surface area contributed by atoms with E-state index in [1.165, 1.54) is 0 Å². The zero-order chi connectivity index (χ0) is 12.3. The van der Waals surface area contributed by atoms with Gasteiger partial charge < -0.3 is 5.11 Å². The average molecular weight is 227 g/mol. The highest BCUT2D eigenvalue weighted by molar-refractivity contribution is 5.79. The Hall–Kier alpha value is -0.570. The predicted octanol–water partition coefficient (Wildman–Crippen LogP) is 2.65. The van der Waals surface area contributed by atoms with Crippen LogP contribution in [0, 0.1) is 11.8 Å². The molecule has 0 atom stereocenters. The van der Waals surface area contributed by atoms with E-state index in [9.17, 15) is 9.90 Å². The first-order chi connectivity index (χ1) is 7.37. The van der Waals surface area contributed by atoms with Crippen LogP contribution in [0.2, 0.25) is 0 Å². The highest BCUT2D eigenvalue weighted by Gasteiger charge is 2.42. The molecule has 1 rings (SSSR count). The van der Waals surface area contributed by atoms with Crippen molar-refractivity contribution >= 4 is 5.97 Å². The second kappa shape index (κ2) is 5.17. The fourth-order valence-corrected chi connectivity index (χ4v) is 2.77. The Morgan fingerprint density at radius 3 is 2.06 bits per heavy atom. The monoisotopic (exact) mass is 227 g/mol. The van der Waals surface area contributed by atoms with E-state index in [0.717, 1.165) is 25.7 Å². The molecule has 0 aromatic carbocycles. The fraction of sp³-hybridized carbons (Fsp3) is 0.923. The maximum atomic E-state index is 11.4. The van der Waals surface area contributed by atoms with E-state index in [4.69, 9.17) is 0 Å². The van der Waals surface area contributed by atoms with E-state index in [1.54, 1.807) is 0 Å². The van der Waals surface area contributed by atoms with Crippen molar-refractivity contribution in [2.75, 3.05) is 0 Å². The first-order valence-electron chi connectivity index (χ1n) is 6.38. The molecule has 3 nitrogen and oxygen atoms in total. The first-order valence-corrected chi connectivity index (χ1v) is 6.38. The summed E-state index contributed by atoms with van der Waals surface area (Å²) in [5.41, 5.74) is -0.667. The van der Waals surface area contributed by atoms with Crippen molar-refractivity contribution < 1.29 is 9.90 Å². The van der Waals surface area contributed by atoms with Gasteiger partial charge in [0.2, 0.25) is 0 Å². The number of carbonyl (C=O) groups is 1. The van der Waals surface area contributed by atoms with E-state index in [-0.39, 0.29) is 6.04 Å². The molecule has 0 aromatic rings. The Labute approximate surface area is 98.6 Å². The van der Waals surface area contributed by atoms with Gasteiger partial charge in [0, 0.05) is 6.04 Å². The van der Waals surface area contributed by atoms with Gasteiger partial charge in [0.25, 0.3) is 0 Å². The van der Waals surface area contributed by atoms with Crippen molar-refractivity contribution in [1.29, 1.82) is 0 Å². The maximum absolute atomic E-state index is 11.4. The van der Waals surface area contributed by atoms with Gasteiger partial charge >= 0.3 is 5.97 Å². The van der Waals surface area contributed by atoms with Crippen molar-refractivity contribution in [3.8, 4) is 0 Å². The van der Waals surface area contributed by atoms with E-state index < -0.39 is 11.5 Å². The van der Waals surface area contributed by atoms with Crippen LogP contribution in [-0.2, 0) is 4.79 Å². The maximum Gasteiger partial charge on any atom is 0.323 e. The van der Waals surface area contributed by atoms with E-state index >= 15 is 0 Å². The molecular formula is C13H25NO2. The smallest absolute Gasteiger partial charge is 0.323 e. The van der Waals surface area contributed by atoms with Gasteiger partial charge in [0.15, 0.2) is 0 Å². The van der Waals surface area contributed by atoms with Crippen LogP contribution in [0.5, 0.6) is 0 Å². The fourth-order valence-electron chi connectivity index (χ4n) is 2.77. The molecule has 1 saturated carbocycles. The van der Waals surface area contributed by atoms with Crippen LogP contribution in [0.25, 0.3) is 0 Å². The lowest BCUT2D eigenvalue weighted by molar-refractivity contribution is -0.147. The van der Waals surface area contributed by atoms with Gasteiger partial charge in [-0.05, 0) is 51.4 Å². The van der Waals surface area contributed by atoms with E-state index in [2.05, 4.69) is 19.2 Å². The summed E-state index contributed by atoms with van der Waals surface area (Å²) in [6.45, 7) is 8.49. The first kappa shape index (κ1) is 13.5. The van der Waals surface area contributed by atoms with Gasteiger partial charge in [0.05, 0.1) is 0 Å². The van der Waals surface area contributed by atoms with Crippen molar-refractivity contribution in [2.45, 2.75) is 65.0 Å². The highest BCUT2D eigenvalue weighted by Crippen LogP contribution is 2.36. The number of aliphatic carboxylic acids is 1. The van der Waals surface area contributed by atoms with Crippen molar-refractivity contribution in [3.63, 3.8) is 0 Å². The van der Waals surface area contributed by atoms with Crippen molar-refractivity contribution in [1.82, 2.24) is 5.32 Å². The molecule has 2 N–H and O–H groups in total. The molecule has 0 unspecified atom stereocenters. The third kappa shape index (κ3) is 2.97. The molecule has 0 bridgehead atoms. The summed E-state index contributed by atoms with van der Waals surface area (Å²) in [6.07, 6.45) is 3.60. The SMILES string of the molecule is CC(C)NC1(C(=O)O)CCC(C(C)C)CC1. The summed E-state index contributed by atoms with van der Waals surface area (Å²) in [5, 5.41) is 12.7. The summed E-state index contributed by atoms with van der Waals surface area (Å²) in [5.74, 6) is 0.690. The molecule has 0 heterocycles. The third-order valence-electron chi connectivity index (χ3n) is 3.80. The number of rotatable bonds is 4. The largest absolute Gasteiger partial charge is 0.480 e. The molecule has 0 radical (unpaired) electrons. The lowest BCUT2D eigenvalue weighted by atomic mass is 9.72. The Morgan fingerprint density at radius 2 is 1.75 bits per heavy atom. The molecule has 3 heteroatoms. The average Bonchev–Trinajstić information content (AvgIpc) is 2.17. The Morgan fingerprint density at radius 1 is 1.25 bits per heavy atom. The molecule has 0 spiro atoms. The Kier molecular flexibility index (Phi) is 4.36. The van der Waals surface area contributed by atoms with Crippen LogP contribution < -0.4 is 5.32 Å². The summed E-state index contributed by atoms with van der Waals surface area (Å²) >= 11 is 0. The van der Waals surface area contributed by atoms with Crippen LogP contribution in [0.3, 0.4) is 0 Å². The lowest BCUT2D eigenvalue weighted by Crippen LogP contribution is -2.56. The minimum absolute atomic E-state index is 0.228. The minimum atomic E-state index is -0.677. The van der Waals surface area contributed by atoms with E-state index in [0.29, 0.717) is 11.8 Å². The Bertz CT molecular complexity index is 240. The molecule has 0 aliphatic heterocycles. The molecule has 1 fully saturated rings. The summed E-state index contributed by atoms with van der Waals surface area (Å²) in [6, 6.07) is 0.228. The van der Waals surface area contributed by atoms with Gasteiger partial charge in [-0.2, -0.15) is 0 Å². The molecular weight excluding hydrogens is 202 g/mol. The zero-order valence-corrected chi connectivity index (χ0v) is 10.9. The number of nitrogens with one attached hydrogen (secondary N) is 1. The van der Waals surface area contributed by atoms with Gasteiger partial charge in [-0.3, -0.25) is 10.1 Å². The standard InChI is InChI=1S/C13H25NO2/c1-9(2)11-5-7-13(8-6-11,12(15)16)14-10(3)4/h9-11,14H,5-8H2,1-4H3,(H,15,16). The van der Waals surface area contributed by atoms with Crippen LogP contribution in [-0.4, -0.2) is 22.7 Å². The number of hydrogen-bond donors (Lipinski definition) is 2. The normalized spacial score (nSPS) is 31.0. The highest BCUT2D eigenvalue weighted by atomic mass is 16.4. The zero-order valence-electron chi connectivity index (χ0n) is 10.9. The molecule has 16 heavy (non-hydrogen) atoms. The van der Waals surface area contributed by atoms with Crippen molar-refractivity contribution in [3.05, 3.63) is 0 Å². The van der Waals surface area contributed by atoms with Crippen LogP contribution in [0.4, 0.5) is 0 Å². The molecule has 1 aliphatic carbocycles. The molecule has 1 aliphatic rings. The molecule has 0 saturated heterocycles. The minimum Gasteiger partial charge on any atom is -0.480 e. The predicted molar refractivity (Wildman–Crippen MR) is 65.4 cm³/mol. The molecule has 0 aromatic heterocycles. The summed E-state index contributed by atoms with van der Waals surface area (Å²) < 4.78 is 0. The van der Waals surface area contributed by atoms with Crippen molar-refractivity contribution in [2.24, 2.45) is 11.8 Å². The quantitative estimate of drug-likeness (QED) is 0.776. The van der Waals surface area contributed by atoms with E-state index in [1.807, 2.05) is 13.8 Å². The Balaban J connectivity index is 2.66. The molecule has 94 valence electrons. The second-order valence-electron chi connectivity index (χ2n) is 5.77. The van der Waals surface area contributed by atoms with Gasteiger partial charge in [-0.1, -0.05) is 13.8 Å². The topological polar surface area (TPSA) is 49.3 Å². The van der Waals surface area contributed by atoms with Crippen LogP contribution in [0.15, 0.2) is 0 Å². The number of carboxylic acids is 1. The molecule has 0 amide bonds. The van der Waals surface area contributed by atoms with Gasteiger partial charge in [-0.25, -0.2) is 0 Å². The third-order valence-corrected chi connectivity index (χ3v) is 3.80. The van der Waals surface area contributed by atoms with Crippen LogP contribution in [0.1, 0.15) is 53.4 Å². The van der Waals surface area contributed by atoms with Gasteiger partial charge in [0.1, 0.15) is 5.54 Å². The summed E-state index contributed by atoms with van der Waals surface area (Å²) in [4.78, 5) is 11.4.